The summed E-state index contributed by atoms with van der Waals surface area (Å²) in [6, 6.07) is 11.8. The molecule has 7 heteroatoms. The largest absolute Gasteiger partial charge is 0.373 e. The number of piperidine rings is 1. The van der Waals surface area contributed by atoms with Crippen LogP contribution in [0.3, 0.4) is 0 Å². The zero-order valence-electron chi connectivity index (χ0n) is 14.8. The van der Waals surface area contributed by atoms with E-state index in [0.717, 1.165) is 42.8 Å². The second-order valence-electron chi connectivity index (χ2n) is 6.64. The van der Waals surface area contributed by atoms with E-state index < -0.39 is 0 Å². The van der Waals surface area contributed by atoms with Gasteiger partial charge in [-0.3, -0.25) is 4.79 Å². The lowest BCUT2D eigenvalue weighted by molar-refractivity contribution is -0.133. The molecule has 1 aliphatic heterocycles. The maximum absolute atomic E-state index is 12.8. The molecule has 1 aliphatic rings. The SMILES string of the molecule is CNc1cc([C@H]2CCCN(C(=O)Cn3nnc4ccccc43)C2)ccn1. The Morgan fingerprint density at radius 1 is 1.31 bits per heavy atom. The predicted octanol–water partition coefficient (Wildman–Crippen LogP) is 2.27. The lowest BCUT2D eigenvalue weighted by Gasteiger charge is -2.33. The number of para-hydroxylation sites is 1. The normalized spacial score (nSPS) is 17.4. The Hall–Kier alpha value is -2.96. The number of carbonyl (C=O) groups excluding carboxylic acids is 1. The van der Waals surface area contributed by atoms with Gasteiger partial charge in [-0.25, -0.2) is 9.67 Å². The summed E-state index contributed by atoms with van der Waals surface area (Å²) >= 11 is 0. The topological polar surface area (TPSA) is 75.9 Å². The molecule has 3 aromatic rings. The molecule has 1 fully saturated rings. The summed E-state index contributed by atoms with van der Waals surface area (Å²) in [4.78, 5) is 19.0. The van der Waals surface area contributed by atoms with Crippen molar-refractivity contribution < 1.29 is 4.79 Å². The Morgan fingerprint density at radius 2 is 2.19 bits per heavy atom. The van der Waals surface area contributed by atoms with E-state index in [9.17, 15) is 4.79 Å². The van der Waals surface area contributed by atoms with Crippen molar-refractivity contribution in [2.24, 2.45) is 0 Å². The van der Waals surface area contributed by atoms with Gasteiger partial charge in [-0.05, 0) is 42.7 Å². The van der Waals surface area contributed by atoms with Crippen LogP contribution >= 0.6 is 0 Å². The molecular formula is C19H22N6O. The minimum absolute atomic E-state index is 0.0910. The van der Waals surface area contributed by atoms with Crippen molar-refractivity contribution in [3.05, 3.63) is 48.2 Å². The van der Waals surface area contributed by atoms with Crippen LogP contribution in [0.4, 0.5) is 5.82 Å². The van der Waals surface area contributed by atoms with Crippen molar-refractivity contribution in [2.45, 2.75) is 25.3 Å². The summed E-state index contributed by atoms with van der Waals surface area (Å²) in [5, 5.41) is 11.3. The molecule has 26 heavy (non-hydrogen) atoms. The van der Waals surface area contributed by atoms with Crippen molar-refractivity contribution in [1.82, 2.24) is 24.9 Å². The number of benzene rings is 1. The van der Waals surface area contributed by atoms with Crippen LogP contribution in [0.2, 0.25) is 0 Å². The van der Waals surface area contributed by atoms with Gasteiger partial charge in [0.05, 0.1) is 5.52 Å². The fourth-order valence-electron chi connectivity index (χ4n) is 3.58. The van der Waals surface area contributed by atoms with Crippen LogP contribution in [0.1, 0.15) is 24.3 Å². The smallest absolute Gasteiger partial charge is 0.244 e. The molecule has 0 spiro atoms. The number of fused-ring (bicyclic) bond motifs is 1. The van der Waals surface area contributed by atoms with E-state index in [1.807, 2.05) is 48.5 Å². The molecule has 0 aliphatic carbocycles. The van der Waals surface area contributed by atoms with E-state index in [0.29, 0.717) is 5.92 Å². The molecule has 7 nitrogen and oxygen atoms in total. The van der Waals surface area contributed by atoms with Crippen molar-refractivity contribution in [3.63, 3.8) is 0 Å². The van der Waals surface area contributed by atoms with E-state index in [1.54, 1.807) is 4.68 Å². The van der Waals surface area contributed by atoms with E-state index >= 15 is 0 Å². The second kappa shape index (κ2) is 7.11. The minimum atomic E-state index is 0.0910. The van der Waals surface area contributed by atoms with Gasteiger partial charge in [0.15, 0.2) is 0 Å². The summed E-state index contributed by atoms with van der Waals surface area (Å²) in [5.41, 5.74) is 2.93. The van der Waals surface area contributed by atoms with Crippen LogP contribution in [0, 0.1) is 0 Å². The van der Waals surface area contributed by atoms with Gasteiger partial charge in [-0.1, -0.05) is 17.3 Å². The number of amides is 1. The number of anilines is 1. The average molecular weight is 350 g/mol. The Balaban J connectivity index is 1.47. The van der Waals surface area contributed by atoms with Gasteiger partial charge in [-0.2, -0.15) is 0 Å². The number of carbonyl (C=O) groups is 1. The lowest BCUT2D eigenvalue weighted by Crippen LogP contribution is -2.41. The Kier molecular flexibility index (Phi) is 4.51. The van der Waals surface area contributed by atoms with E-state index in [2.05, 4.69) is 26.7 Å². The summed E-state index contributed by atoms with van der Waals surface area (Å²) in [6.07, 6.45) is 3.92. The standard InChI is InChI=1S/C19H22N6O/c1-20-18-11-14(8-9-21-18)15-5-4-10-24(12-15)19(26)13-25-17-7-3-2-6-16(17)22-23-25/h2-3,6-9,11,15H,4-5,10,12-13H2,1H3,(H,20,21)/t15-/m0/s1. The third kappa shape index (κ3) is 3.24. The molecule has 0 saturated carbocycles. The van der Waals surface area contributed by atoms with Gasteiger partial charge in [0.25, 0.3) is 0 Å². The molecular weight excluding hydrogens is 328 g/mol. The van der Waals surface area contributed by atoms with Gasteiger partial charge < -0.3 is 10.2 Å². The number of nitrogens with zero attached hydrogens (tertiary/aromatic N) is 5. The van der Waals surface area contributed by atoms with Gasteiger partial charge in [0.1, 0.15) is 17.9 Å². The fraction of sp³-hybridized carbons (Fsp3) is 0.368. The number of aromatic nitrogens is 4. The Morgan fingerprint density at radius 3 is 3.08 bits per heavy atom. The van der Waals surface area contributed by atoms with E-state index in [-0.39, 0.29) is 12.5 Å². The highest BCUT2D eigenvalue weighted by atomic mass is 16.2. The van der Waals surface area contributed by atoms with Gasteiger partial charge in [0.2, 0.25) is 5.91 Å². The molecule has 0 unspecified atom stereocenters. The Bertz CT molecular complexity index is 921. The highest BCUT2D eigenvalue weighted by Gasteiger charge is 2.25. The first kappa shape index (κ1) is 16.5. The predicted molar refractivity (Wildman–Crippen MR) is 99.9 cm³/mol. The number of nitrogens with one attached hydrogen (secondary N) is 1. The van der Waals surface area contributed by atoms with Crippen LogP contribution in [0.5, 0.6) is 0 Å². The molecule has 4 rings (SSSR count). The van der Waals surface area contributed by atoms with Crippen LogP contribution in [-0.2, 0) is 11.3 Å². The lowest BCUT2D eigenvalue weighted by atomic mass is 9.91. The molecule has 0 radical (unpaired) electrons. The monoisotopic (exact) mass is 350 g/mol. The van der Waals surface area contributed by atoms with E-state index in [1.165, 1.54) is 5.56 Å². The van der Waals surface area contributed by atoms with Gasteiger partial charge >= 0.3 is 0 Å². The van der Waals surface area contributed by atoms with Crippen LogP contribution in [0.25, 0.3) is 11.0 Å². The number of hydrogen-bond donors (Lipinski definition) is 1. The summed E-state index contributed by atoms with van der Waals surface area (Å²) in [7, 11) is 1.87. The first-order valence-corrected chi connectivity index (χ1v) is 8.94. The zero-order chi connectivity index (χ0) is 17.9. The average Bonchev–Trinajstić information content (AvgIpc) is 3.11. The Labute approximate surface area is 152 Å². The number of pyridine rings is 1. The fourth-order valence-corrected chi connectivity index (χ4v) is 3.58. The maximum atomic E-state index is 12.8. The number of hydrogen-bond acceptors (Lipinski definition) is 5. The van der Waals surface area contributed by atoms with Crippen LogP contribution < -0.4 is 5.32 Å². The zero-order valence-corrected chi connectivity index (χ0v) is 14.8. The van der Waals surface area contributed by atoms with Gasteiger partial charge in [-0.15, -0.1) is 5.10 Å². The number of rotatable bonds is 4. The second-order valence-corrected chi connectivity index (χ2v) is 6.64. The first-order chi connectivity index (χ1) is 12.7. The maximum Gasteiger partial charge on any atom is 0.244 e. The van der Waals surface area contributed by atoms with Crippen molar-refractivity contribution >= 4 is 22.8 Å². The molecule has 2 aromatic heterocycles. The number of likely N-dealkylation sites (tertiary alicyclic amines) is 1. The quantitative estimate of drug-likeness (QED) is 0.781. The summed E-state index contributed by atoms with van der Waals surface area (Å²) in [5.74, 6) is 1.29. The molecule has 1 saturated heterocycles. The van der Waals surface area contributed by atoms with Gasteiger partial charge in [0, 0.05) is 32.3 Å². The van der Waals surface area contributed by atoms with E-state index in [4.69, 9.17) is 0 Å². The van der Waals surface area contributed by atoms with Crippen molar-refractivity contribution in [1.29, 1.82) is 0 Å². The molecule has 1 atom stereocenters. The molecule has 3 heterocycles. The minimum Gasteiger partial charge on any atom is -0.373 e. The van der Waals surface area contributed by atoms with Crippen LogP contribution in [0.15, 0.2) is 42.6 Å². The summed E-state index contributed by atoms with van der Waals surface area (Å²) < 4.78 is 1.69. The molecule has 1 aromatic carbocycles. The third-order valence-corrected chi connectivity index (χ3v) is 4.99. The molecule has 0 bridgehead atoms. The highest BCUT2D eigenvalue weighted by molar-refractivity contribution is 5.80. The van der Waals surface area contributed by atoms with Crippen molar-refractivity contribution in [2.75, 3.05) is 25.5 Å². The summed E-state index contributed by atoms with van der Waals surface area (Å²) in [6.45, 7) is 1.76. The highest BCUT2D eigenvalue weighted by Crippen LogP contribution is 2.28. The molecule has 134 valence electrons. The third-order valence-electron chi connectivity index (χ3n) is 4.99. The first-order valence-electron chi connectivity index (χ1n) is 8.94. The van der Waals surface area contributed by atoms with Crippen molar-refractivity contribution in [3.8, 4) is 0 Å². The molecule has 1 amide bonds. The van der Waals surface area contributed by atoms with Crippen LogP contribution in [-0.4, -0.2) is 50.9 Å². The molecule has 1 N–H and O–H groups in total.